The molecule has 0 unspecified atom stereocenters. The number of anilines is 2. The highest BCUT2D eigenvalue weighted by molar-refractivity contribution is 7.92. The topological polar surface area (TPSA) is 102 Å². The zero-order valence-corrected chi connectivity index (χ0v) is 25.1. The second kappa shape index (κ2) is 11.8. The van der Waals surface area contributed by atoms with E-state index in [-0.39, 0.29) is 16.2 Å². The maximum Gasteiger partial charge on any atom is 0.265 e. The predicted molar refractivity (Wildman–Crippen MR) is 166 cm³/mol. The number of methoxy groups -OCH3 is 2. The van der Waals surface area contributed by atoms with Crippen molar-refractivity contribution in [1.29, 1.82) is 0 Å². The fourth-order valence-electron chi connectivity index (χ4n) is 4.35. The number of ketones is 1. The molecule has 0 atom stereocenters. The lowest BCUT2D eigenvalue weighted by Gasteiger charge is -2.20. The first-order valence-electron chi connectivity index (χ1n) is 12.6. The summed E-state index contributed by atoms with van der Waals surface area (Å²) in [7, 11) is 0.438. The van der Waals surface area contributed by atoms with E-state index in [0.717, 1.165) is 4.70 Å². The number of sulfonamides is 1. The highest BCUT2D eigenvalue weighted by Gasteiger charge is 2.24. The molecule has 8 nitrogen and oxygen atoms in total. The van der Waals surface area contributed by atoms with E-state index in [1.807, 2.05) is 6.07 Å². The van der Waals surface area contributed by atoms with Crippen molar-refractivity contribution in [2.24, 2.45) is 0 Å². The normalized spacial score (nSPS) is 11.2. The number of halogens is 1. The zero-order valence-electron chi connectivity index (χ0n) is 22.8. The second-order valence-electron chi connectivity index (χ2n) is 9.16. The van der Waals surface area contributed by atoms with Crippen molar-refractivity contribution in [3.63, 3.8) is 0 Å². The number of fused-ring (bicyclic) bond motifs is 1. The van der Waals surface area contributed by atoms with Crippen molar-refractivity contribution in [2.75, 3.05) is 30.9 Å². The Bertz CT molecular complexity index is 1920. The maximum absolute atomic E-state index is 13.4. The molecule has 0 fully saturated rings. The van der Waals surface area contributed by atoms with E-state index in [1.165, 1.54) is 61.2 Å². The van der Waals surface area contributed by atoms with Gasteiger partial charge in [0.2, 0.25) is 0 Å². The molecular weight excluding hydrogens is 596 g/mol. The first-order valence-corrected chi connectivity index (χ1v) is 15.2. The fraction of sp³-hybridized carbons (Fsp3) is 0.0968. The summed E-state index contributed by atoms with van der Waals surface area (Å²) in [4.78, 5) is 26.9. The molecule has 0 aliphatic carbocycles. The predicted octanol–water partition coefficient (Wildman–Crippen LogP) is 6.88. The van der Waals surface area contributed by atoms with Gasteiger partial charge in [0.05, 0.1) is 35.4 Å². The minimum atomic E-state index is -3.93. The molecule has 5 rings (SSSR count). The highest BCUT2D eigenvalue weighted by atomic mass is 35.5. The summed E-state index contributed by atoms with van der Waals surface area (Å²) in [5, 5.41) is 3.89. The molecule has 0 spiro atoms. The van der Waals surface area contributed by atoms with E-state index in [1.54, 1.807) is 60.7 Å². The number of hydrogen-bond donors (Lipinski definition) is 1. The van der Waals surface area contributed by atoms with Crippen LogP contribution < -0.4 is 19.1 Å². The molecule has 0 saturated heterocycles. The molecule has 0 bridgehead atoms. The van der Waals surface area contributed by atoms with Crippen molar-refractivity contribution in [3.05, 3.63) is 112 Å². The molecule has 4 aromatic carbocycles. The van der Waals surface area contributed by atoms with Gasteiger partial charge in [0.1, 0.15) is 0 Å². The van der Waals surface area contributed by atoms with Crippen LogP contribution in [0.1, 0.15) is 25.6 Å². The summed E-state index contributed by atoms with van der Waals surface area (Å²) in [6.07, 6.45) is 0. The summed E-state index contributed by atoms with van der Waals surface area (Å²) in [5.41, 5.74) is 1.48. The Morgan fingerprint density at radius 1 is 0.857 bits per heavy atom. The third kappa shape index (κ3) is 5.69. The minimum absolute atomic E-state index is 0.0388. The average Bonchev–Trinajstić information content (AvgIpc) is 3.45. The van der Waals surface area contributed by atoms with Gasteiger partial charge in [-0.25, -0.2) is 8.42 Å². The zero-order chi connectivity index (χ0) is 30.0. The summed E-state index contributed by atoms with van der Waals surface area (Å²) in [6.45, 7) is 0. The van der Waals surface area contributed by atoms with Crippen LogP contribution in [-0.2, 0) is 10.0 Å². The number of ether oxygens (including phenoxy) is 2. The Morgan fingerprint density at radius 2 is 1.60 bits per heavy atom. The van der Waals surface area contributed by atoms with Gasteiger partial charge < -0.3 is 14.8 Å². The number of carbonyl (C=O) groups excluding carboxylic acids is 2. The van der Waals surface area contributed by atoms with Crippen molar-refractivity contribution in [3.8, 4) is 11.5 Å². The number of thiophene rings is 1. The lowest BCUT2D eigenvalue weighted by atomic mass is 10.0. The van der Waals surface area contributed by atoms with Crippen LogP contribution in [0.15, 0.2) is 95.9 Å². The van der Waals surface area contributed by atoms with Gasteiger partial charge in [-0.1, -0.05) is 41.9 Å². The van der Waals surface area contributed by atoms with Gasteiger partial charge in [0.25, 0.3) is 15.9 Å². The number of rotatable bonds is 9. The molecule has 0 saturated carbocycles. The third-order valence-electron chi connectivity index (χ3n) is 6.61. The first-order chi connectivity index (χ1) is 20.1. The molecule has 11 heteroatoms. The fourth-order valence-corrected chi connectivity index (χ4v) is 6.67. The number of hydrogen-bond acceptors (Lipinski definition) is 7. The van der Waals surface area contributed by atoms with Gasteiger partial charge in [0, 0.05) is 34.0 Å². The van der Waals surface area contributed by atoms with Crippen LogP contribution in [0.3, 0.4) is 0 Å². The number of benzene rings is 4. The van der Waals surface area contributed by atoms with Crippen LogP contribution in [0.4, 0.5) is 11.4 Å². The Hall–Kier alpha value is -4.38. The number of amides is 1. The number of carbonyl (C=O) groups is 2. The summed E-state index contributed by atoms with van der Waals surface area (Å²) in [6, 6.07) is 24.7. The molecule has 0 aliphatic rings. The van der Waals surface area contributed by atoms with Crippen LogP contribution in [0.5, 0.6) is 11.5 Å². The quantitative estimate of drug-likeness (QED) is 0.180. The van der Waals surface area contributed by atoms with Gasteiger partial charge in [-0.3, -0.25) is 13.9 Å². The molecule has 214 valence electrons. The SMILES string of the molecule is COc1ccc(S(=O)(=O)N(C)c2ccc3sc(C(=O)Nc4ccc(Cl)cc4C(=O)c4ccccc4)cc3c2)cc1OC. The van der Waals surface area contributed by atoms with E-state index in [0.29, 0.717) is 43.7 Å². The molecule has 1 heterocycles. The van der Waals surface area contributed by atoms with E-state index < -0.39 is 15.9 Å². The molecule has 5 aromatic rings. The van der Waals surface area contributed by atoms with Crippen LogP contribution >= 0.6 is 22.9 Å². The third-order valence-corrected chi connectivity index (χ3v) is 9.74. The van der Waals surface area contributed by atoms with Gasteiger partial charge in [-0.05, 0) is 60.0 Å². The summed E-state index contributed by atoms with van der Waals surface area (Å²) < 4.78 is 39.2. The average molecular weight is 621 g/mol. The largest absolute Gasteiger partial charge is 0.493 e. The smallest absolute Gasteiger partial charge is 0.265 e. The first kappa shape index (κ1) is 29.1. The lowest BCUT2D eigenvalue weighted by Crippen LogP contribution is -2.26. The summed E-state index contributed by atoms with van der Waals surface area (Å²) >= 11 is 7.42. The second-order valence-corrected chi connectivity index (χ2v) is 12.7. The highest BCUT2D eigenvalue weighted by Crippen LogP contribution is 2.34. The molecule has 1 amide bonds. The van der Waals surface area contributed by atoms with E-state index in [4.69, 9.17) is 21.1 Å². The number of nitrogens with zero attached hydrogens (tertiary/aromatic N) is 1. The van der Waals surface area contributed by atoms with Gasteiger partial charge in [-0.2, -0.15) is 0 Å². The molecule has 1 aromatic heterocycles. The molecule has 1 N–H and O–H groups in total. The molecular formula is C31H25ClN2O6S2. The van der Waals surface area contributed by atoms with Crippen LogP contribution in [0, 0.1) is 0 Å². The van der Waals surface area contributed by atoms with Gasteiger partial charge in [-0.15, -0.1) is 11.3 Å². The maximum atomic E-state index is 13.4. The van der Waals surface area contributed by atoms with E-state index >= 15 is 0 Å². The van der Waals surface area contributed by atoms with Crippen LogP contribution in [0.2, 0.25) is 5.02 Å². The molecule has 0 radical (unpaired) electrons. The Kier molecular flexibility index (Phi) is 8.22. The van der Waals surface area contributed by atoms with E-state index in [2.05, 4.69) is 5.32 Å². The van der Waals surface area contributed by atoms with Crippen molar-refractivity contribution in [2.45, 2.75) is 4.90 Å². The minimum Gasteiger partial charge on any atom is -0.493 e. The Labute approximate surface area is 252 Å². The summed E-state index contributed by atoms with van der Waals surface area (Å²) in [5.74, 6) is 0.0339. The lowest BCUT2D eigenvalue weighted by molar-refractivity contribution is 0.103. The van der Waals surface area contributed by atoms with E-state index in [9.17, 15) is 18.0 Å². The van der Waals surface area contributed by atoms with Gasteiger partial charge in [0.15, 0.2) is 17.3 Å². The van der Waals surface area contributed by atoms with Crippen molar-refractivity contribution in [1.82, 2.24) is 0 Å². The molecule has 42 heavy (non-hydrogen) atoms. The molecule has 0 aliphatic heterocycles. The Balaban J connectivity index is 1.41. The monoisotopic (exact) mass is 620 g/mol. The van der Waals surface area contributed by atoms with Crippen molar-refractivity contribution < 1.29 is 27.5 Å². The standard InChI is InChI=1S/C31H25ClN2O6S2/c1-34(42(37,38)23-11-13-26(39-2)27(18-23)40-3)22-10-14-28-20(15-22)16-29(41-28)31(36)33-25-12-9-21(32)17-24(25)30(35)19-7-5-4-6-8-19/h4-18H,1-3H3,(H,33,36). The van der Waals surface area contributed by atoms with Crippen molar-refractivity contribution >= 4 is 66.1 Å². The van der Waals surface area contributed by atoms with Crippen LogP contribution in [0.25, 0.3) is 10.1 Å². The Morgan fingerprint density at radius 3 is 2.31 bits per heavy atom. The number of nitrogens with one attached hydrogen (secondary N) is 1. The van der Waals surface area contributed by atoms with Gasteiger partial charge >= 0.3 is 0 Å². The van der Waals surface area contributed by atoms with Crippen LogP contribution in [-0.4, -0.2) is 41.4 Å².